The molecule has 480 valence electrons. The topological polar surface area (TPSA) is 124 Å². The molecule has 3 amide bonds. The van der Waals surface area contributed by atoms with Gasteiger partial charge in [0, 0.05) is 56.5 Å². The summed E-state index contributed by atoms with van der Waals surface area (Å²) in [6.45, 7) is 5.66. The number of carbonyl (C=O) groups excluding carboxylic acids is 3. The van der Waals surface area contributed by atoms with Crippen molar-refractivity contribution in [1.29, 1.82) is 0 Å². The number of halogens is 1. The fourth-order valence-corrected chi connectivity index (χ4v) is 14.0. The predicted octanol–water partition coefficient (Wildman–Crippen LogP) is 15.5. The third-order valence-electron chi connectivity index (χ3n) is 19.5. The van der Waals surface area contributed by atoms with Crippen LogP contribution in [0.25, 0.3) is 18.2 Å². The zero-order chi connectivity index (χ0) is 64.1. The first kappa shape index (κ1) is 65.9. The van der Waals surface area contributed by atoms with E-state index in [1.165, 1.54) is 119 Å². The number of fused-ring (bicyclic) bond motifs is 3. The van der Waals surface area contributed by atoms with Crippen molar-refractivity contribution in [1.82, 2.24) is 0 Å². The first-order chi connectivity index (χ1) is 43.8. The maximum atomic E-state index is 13.8. The average molecular weight is 1240 g/mol. The number of amides is 3. The van der Waals surface area contributed by atoms with Crippen molar-refractivity contribution in [2.24, 2.45) is 0 Å². The van der Waals surface area contributed by atoms with Crippen molar-refractivity contribution in [2.45, 2.75) is 141 Å². The zero-order valence-corrected chi connectivity index (χ0v) is 55.0. The van der Waals surface area contributed by atoms with Gasteiger partial charge in [-0.25, -0.2) is 4.39 Å². The Bertz CT molecular complexity index is 3590. The van der Waals surface area contributed by atoms with Crippen molar-refractivity contribution in [2.75, 3.05) is 85.2 Å². The Kier molecular flexibility index (Phi) is 21.7. The minimum atomic E-state index is -0.409. The van der Waals surface area contributed by atoms with Gasteiger partial charge < -0.3 is 48.3 Å². The molecule has 0 saturated heterocycles. The molecule has 14 heteroatoms. The number of nitrogens with one attached hydrogen (secondary N) is 3. The van der Waals surface area contributed by atoms with Crippen LogP contribution in [0, 0.1) is 12.7 Å². The molecule has 13 nitrogen and oxygen atoms in total. The quantitative estimate of drug-likeness (QED) is 0.0825. The van der Waals surface area contributed by atoms with Crippen molar-refractivity contribution < 1.29 is 51.2 Å². The van der Waals surface area contributed by atoms with Crippen LogP contribution < -0.4 is 34.9 Å². The second kappa shape index (κ2) is 29.9. The number of hydrogen-bond acceptors (Lipinski definition) is 7. The second-order valence-corrected chi connectivity index (χ2v) is 27.6. The first-order valence-corrected chi connectivity index (χ1v) is 33.0. The van der Waals surface area contributed by atoms with Gasteiger partial charge in [-0.3, -0.25) is 14.4 Å². The van der Waals surface area contributed by atoms with Gasteiger partial charge in [0.05, 0.1) is 84.2 Å². The molecular formula is C77H96FN6O7+3. The van der Waals surface area contributed by atoms with E-state index in [4.69, 9.17) is 18.9 Å². The summed E-state index contributed by atoms with van der Waals surface area (Å²) in [6, 6.07) is 43.2. The molecule has 0 spiro atoms. The lowest BCUT2D eigenvalue weighted by Gasteiger charge is -2.40. The molecular weight excluding hydrogens is 1140 g/mol. The van der Waals surface area contributed by atoms with Crippen LogP contribution in [0.15, 0.2) is 144 Å². The van der Waals surface area contributed by atoms with Crippen LogP contribution >= 0.6 is 0 Å². The van der Waals surface area contributed by atoms with Crippen molar-refractivity contribution in [3.05, 3.63) is 189 Å². The molecule has 6 aromatic rings. The maximum absolute atomic E-state index is 13.8. The van der Waals surface area contributed by atoms with Crippen LogP contribution in [0.2, 0.25) is 0 Å². The van der Waals surface area contributed by atoms with E-state index in [2.05, 4.69) is 94.6 Å². The van der Waals surface area contributed by atoms with Gasteiger partial charge in [-0.1, -0.05) is 79.9 Å². The molecule has 3 heterocycles. The van der Waals surface area contributed by atoms with E-state index in [1.54, 1.807) is 25.3 Å². The molecule has 0 bridgehead atoms. The molecule has 3 fully saturated rings. The van der Waals surface area contributed by atoms with Gasteiger partial charge in [0.25, 0.3) is 17.7 Å². The Labute approximate surface area is 539 Å². The number of ether oxygens (including phenoxy) is 4. The monoisotopic (exact) mass is 1240 g/mol. The normalized spacial score (nSPS) is 16.9. The molecule has 6 aliphatic rings. The molecule has 0 atom stereocenters. The number of methoxy groups -OCH3 is 1. The summed E-state index contributed by atoms with van der Waals surface area (Å²) < 4.78 is 39.0. The molecule has 3 N–H and O–H groups in total. The van der Waals surface area contributed by atoms with Crippen LogP contribution in [0.5, 0.6) is 23.0 Å². The van der Waals surface area contributed by atoms with Gasteiger partial charge in [0.1, 0.15) is 56.7 Å². The number of carbonyl (C=O) groups is 3. The van der Waals surface area contributed by atoms with Gasteiger partial charge in [0.15, 0.2) is 11.6 Å². The Balaban J connectivity index is 0.000000150. The largest absolute Gasteiger partial charge is 0.497 e. The van der Waals surface area contributed by atoms with E-state index < -0.39 is 5.82 Å². The van der Waals surface area contributed by atoms with E-state index in [1.807, 2.05) is 91.9 Å². The van der Waals surface area contributed by atoms with Gasteiger partial charge in [-0.2, -0.15) is 0 Å². The molecule has 12 rings (SSSR count). The van der Waals surface area contributed by atoms with E-state index in [0.29, 0.717) is 28.9 Å². The summed E-state index contributed by atoms with van der Waals surface area (Å²) in [6.07, 6.45) is 25.7. The molecule has 6 aromatic carbocycles. The van der Waals surface area contributed by atoms with E-state index in [9.17, 15) is 18.8 Å². The highest BCUT2D eigenvalue weighted by Gasteiger charge is 2.33. The number of quaternary nitrogens is 3. The fourth-order valence-electron chi connectivity index (χ4n) is 14.0. The van der Waals surface area contributed by atoms with Crippen LogP contribution in [0.3, 0.4) is 0 Å². The number of aryl methyl sites for hydroxylation is 1. The van der Waals surface area contributed by atoms with E-state index in [-0.39, 0.29) is 36.7 Å². The predicted molar refractivity (Wildman–Crippen MR) is 364 cm³/mol. The number of benzene rings is 6. The van der Waals surface area contributed by atoms with Gasteiger partial charge in [0.2, 0.25) is 0 Å². The van der Waals surface area contributed by atoms with Gasteiger partial charge in [-0.15, -0.1) is 0 Å². The van der Waals surface area contributed by atoms with Crippen molar-refractivity contribution in [3.8, 4) is 23.0 Å². The van der Waals surface area contributed by atoms with Crippen LogP contribution in [0.1, 0.15) is 135 Å². The van der Waals surface area contributed by atoms with Crippen LogP contribution in [-0.4, -0.2) is 119 Å². The summed E-state index contributed by atoms with van der Waals surface area (Å²) in [4.78, 5) is 38.1. The molecule has 3 aliphatic carbocycles. The number of para-hydroxylation sites is 1. The minimum absolute atomic E-state index is 0.0604. The molecule has 0 unspecified atom stereocenters. The summed E-state index contributed by atoms with van der Waals surface area (Å²) in [5.41, 5.74) is 11.6. The number of anilines is 3. The van der Waals surface area contributed by atoms with Crippen molar-refractivity contribution >= 4 is 53.0 Å². The highest BCUT2D eigenvalue weighted by Crippen LogP contribution is 2.35. The summed E-state index contributed by atoms with van der Waals surface area (Å²) >= 11 is 0. The Morgan fingerprint density at radius 3 is 1.21 bits per heavy atom. The Morgan fingerprint density at radius 2 is 0.813 bits per heavy atom. The molecule has 0 aromatic heterocycles. The third kappa shape index (κ3) is 17.7. The average Bonchev–Trinajstić information content (AvgIpc) is 1.68. The molecule has 0 radical (unpaired) electrons. The smallest absolute Gasteiger partial charge is 0.255 e. The number of rotatable bonds is 16. The number of nitrogens with zero attached hydrogens (tertiary/aromatic N) is 3. The number of hydrogen-bond donors (Lipinski definition) is 3. The third-order valence-corrected chi connectivity index (χ3v) is 19.5. The van der Waals surface area contributed by atoms with E-state index in [0.717, 1.165) is 102 Å². The Hall–Kier alpha value is -8.04. The fraction of sp³-hybridized carbons (Fsp3) is 0.416. The van der Waals surface area contributed by atoms with Gasteiger partial charge in [-0.05, 0) is 168 Å². The zero-order valence-electron chi connectivity index (χ0n) is 55.0. The highest BCUT2D eigenvalue weighted by atomic mass is 19.1. The van der Waals surface area contributed by atoms with Crippen molar-refractivity contribution in [3.63, 3.8) is 0 Å². The summed E-state index contributed by atoms with van der Waals surface area (Å²) in [5, 5.41) is 8.94. The maximum Gasteiger partial charge on any atom is 0.255 e. The Morgan fingerprint density at radius 1 is 0.451 bits per heavy atom. The van der Waals surface area contributed by atoms with Crippen LogP contribution in [0.4, 0.5) is 21.5 Å². The molecule has 3 saturated carbocycles. The standard InChI is InChI=1S/C26H32N2O3.C26H32N2O2.C25H29FN2O2/c1-28(2,23-7-5-4-6-8-23)17-19-9-12-22(13-10-19)27-26(29)21-15-20-11-14-24(30-3)16-25(20)31-18-21;1-19-9-12-21-16-22(18-30-25(21)15-19)26(29)27-23-13-10-20(11-14-23)17-28(2,3)24-7-5-4-6-8-24;1-28(2,22-8-4-3-5-9-22)16-18-11-13-21(14-12-18)27-25(29)20-15-19-7-6-10-23(26)24(19)30-17-20/h9-16,23H,4-8,17-18H2,1-3H3;9-16,24H,4-8,17-18H2,1-3H3;6-7,10-15,22H,3-5,8-9,16-17H2,1-2H3/p+3. The SMILES string of the molecule is COc1ccc2c(c1)OCC(C(=O)Nc1ccc(C[N+](C)(C)C3CCCCC3)cc1)=C2.C[N+](C)(Cc1ccc(NC(=O)C2=Cc3cccc(F)c3OC2)cc1)C1CCCCC1.Cc1ccc2c(c1)OCC(C(=O)Nc1ccc(C[N+](C)(C)C3CCCCC3)cc1)=C2. The lowest BCUT2D eigenvalue weighted by atomic mass is 9.92. The summed E-state index contributed by atoms with van der Waals surface area (Å²) in [5.74, 6) is 1.65. The van der Waals surface area contributed by atoms with E-state index >= 15 is 0 Å². The molecule has 91 heavy (non-hydrogen) atoms. The minimum Gasteiger partial charge on any atom is -0.497 e. The molecule has 3 aliphatic heterocycles. The second-order valence-electron chi connectivity index (χ2n) is 27.6. The van der Waals surface area contributed by atoms with Crippen LogP contribution in [-0.2, 0) is 34.0 Å². The van der Waals surface area contributed by atoms with Gasteiger partial charge >= 0.3 is 0 Å². The summed E-state index contributed by atoms with van der Waals surface area (Å²) in [7, 11) is 15.6. The first-order valence-electron chi connectivity index (χ1n) is 33.0. The lowest BCUT2D eigenvalue weighted by Crippen LogP contribution is -2.48. The lowest BCUT2D eigenvalue weighted by molar-refractivity contribution is -0.929. The highest BCUT2D eigenvalue weighted by molar-refractivity contribution is 6.09.